The molecule has 0 aromatic heterocycles. The molecule has 7 atom stereocenters. The van der Waals surface area contributed by atoms with Crippen LogP contribution in [-0.4, -0.2) is 47.9 Å². The maximum absolute atomic E-state index is 12.7. The van der Waals surface area contributed by atoms with Crippen molar-refractivity contribution in [2.75, 3.05) is 19.7 Å². The topological polar surface area (TPSA) is 122 Å². The van der Waals surface area contributed by atoms with E-state index in [9.17, 15) is 19.5 Å². The maximum Gasteiger partial charge on any atom is 0.238 e. The third-order valence-electron chi connectivity index (χ3n) is 6.96. The normalized spacial score (nSPS) is 42.4. The molecule has 0 spiro atoms. The first-order valence-electron chi connectivity index (χ1n) is 9.13. The van der Waals surface area contributed by atoms with Crippen LogP contribution >= 0.6 is 0 Å². The molecule has 0 aromatic carbocycles. The number of allylic oxidation sites excluding steroid dienone is 2. The number of ketones is 1. The van der Waals surface area contributed by atoms with Gasteiger partial charge in [-0.25, -0.2) is 0 Å². The number of nitrogens with two attached hydrogens (primary N) is 1. The highest BCUT2D eigenvalue weighted by Crippen LogP contribution is 2.57. The first kappa shape index (κ1) is 16.7. The number of hydrogen-bond donors (Lipinski definition) is 4. The van der Waals surface area contributed by atoms with Crippen molar-refractivity contribution in [3.8, 4) is 0 Å². The lowest BCUT2D eigenvalue weighted by Crippen LogP contribution is -2.64. The van der Waals surface area contributed by atoms with E-state index in [0.717, 1.165) is 6.42 Å². The van der Waals surface area contributed by atoms with Gasteiger partial charge >= 0.3 is 0 Å². The monoisotopic (exact) mass is 347 g/mol. The molecule has 2 saturated heterocycles. The summed E-state index contributed by atoms with van der Waals surface area (Å²) in [5, 5.41) is 15.6. The van der Waals surface area contributed by atoms with Crippen LogP contribution in [0.25, 0.3) is 0 Å². The predicted molar refractivity (Wildman–Crippen MR) is 89.0 cm³/mol. The molecule has 2 aliphatic carbocycles. The maximum atomic E-state index is 12.7. The minimum Gasteiger partial charge on any atom is -0.389 e. The number of hydrogen-bond acceptors (Lipinski definition) is 5. The minimum absolute atomic E-state index is 0.0371. The van der Waals surface area contributed by atoms with E-state index in [1.54, 1.807) is 0 Å². The van der Waals surface area contributed by atoms with Crippen LogP contribution in [0.15, 0.2) is 12.2 Å². The molecule has 2 aliphatic heterocycles. The highest BCUT2D eigenvalue weighted by atomic mass is 16.3. The number of Topliss-reactive ketones (excluding diaryl/α,β-unsaturated/α-hetero) is 1. The Kier molecular flexibility index (Phi) is 3.96. The van der Waals surface area contributed by atoms with Gasteiger partial charge in [0.05, 0.1) is 0 Å². The third-order valence-corrected chi connectivity index (χ3v) is 6.96. The fraction of sp³-hybridized carbons (Fsp3) is 0.722. The molecule has 1 saturated carbocycles. The smallest absolute Gasteiger partial charge is 0.238 e. The number of primary amides is 1. The van der Waals surface area contributed by atoms with Crippen molar-refractivity contribution in [1.29, 1.82) is 0 Å². The van der Waals surface area contributed by atoms with Gasteiger partial charge in [-0.3, -0.25) is 14.4 Å². The first-order valence-corrected chi connectivity index (χ1v) is 9.13. The fourth-order valence-electron chi connectivity index (χ4n) is 5.90. The molecule has 5 unspecified atom stereocenters. The number of nitrogens with one attached hydrogen (secondary N) is 2. The van der Waals surface area contributed by atoms with E-state index in [2.05, 4.69) is 22.8 Å². The van der Waals surface area contributed by atoms with Crippen molar-refractivity contribution in [2.24, 2.45) is 41.2 Å². The van der Waals surface area contributed by atoms with E-state index >= 15 is 0 Å². The summed E-state index contributed by atoms with van der Waals surface area (Å²) in [6, 6.07) is 0. The summed E-state index contributed by atoms with van der Waals surface area (Å²) >= 11 is 0. The van der Waals surface area contributed by atoms with Gasteiger partial charge in [0.2, 0.25) is 11.8 Å². The number of carbonyl (C=O) groups is 3. The number of aliphatic hydroxyl groups is 1. The molecule has 2 amide bonds. The Hall–Kier alpha value is -1.73. The first-order chi connectivity index (χ1) is 12.0. The molecule has 136 valence electrons. The SMILES string of the molecule is NC(=O)C1([C@H](C[C@H]2CCNC2=O)C(=O)CO)NCC2C3C=CC(C3)C21. The molecule has 0 radical (unpaired) electrons. The van der Waals surface area contributed by atoms with E-state index < -0.39 is 29.8 Å². The van der Waals surface area contributed by atoms with Crippen molar-refractivity contribution in [1.82, 2.24) is 10.6 Å². The Balaban J connectivity index is 1.71. The van der Waals surface area contributed by atoms with Crippen LogP contribution in [0.5, 0.6) is 0 Å². The van der Waals surface area contributed by atoms with Gasteiger partial charge in [-0.05, 0) is 49.5 Å². The standard InChI is InChI=1S/C18H25N3O4/c19-17(25)18(15-10-2-1-9(5-10)12(15)7-21-18)13(14(23)8-22)6-11-3-4-20-16(11)24/h1-2,9-13,15,21-22H,3-8H2,(H2,19,25)(H,20,24)/t9?,10?,11-,12?,13-,15?,18?/m1/s1. The van der Waals surface area contributed by atoms with Crippen molar-refractivity contribution < 1.29 is 19.5 Å². The number of carbonyl (C=O) groups excluding carboxylic acids is 3. The molecule has 5 N–H and O–H groups in total. The van der Waals surface area contributed by atoms with Crippen molar-refractivity contribution in [3.05, 3.63) is 12.2 Å². The van der Waals surface area contributed by atoms with Gasteiger partial charge in [-0.1, -0.05) is 12.2 Å². The molecule has 4 aliphatic rings. The Morgan fingerprint density at radius 3 is 2.76 bits per heavy atom. The van der Waals surface area contributed by atoms with E-state index in [-0.39, 0.29) is 36.0 Å². The number of rotatable bonds is 6. The number of fused-ring (bicyclic) bond motifs is 5. The molecule has 2 heterocycles. The molecular weight excluding hydrogens is 322 g/mol. The molecule has 25 heavy (non-hydrogen) atoms. The average molecular weight is 347 g/mol. The Morgan fingerprint density at radius 2 is 2.12 bits per heavy atom. The van der Waals surface area contributed by atoms with Crippen LogP contribution in [0, 0.1) is 35.5 Å². The Bertz CT molecular complexity index is 648. The zero-order chi connectivity index (χ0) is 17.8. The minimum atomic E-state index is -1.17. The number of aliphatic hydroxyl groups excluding tert-OH is 1. The van der Waals surface area contributed by atoms with Crippen LogP contribution in [0.4, 0.5) is 0 Å². The summed E-state index contributed by atoms with van der Waals surface area (Å²) < 4.78 is 0. The highest BCUT2D eigenvalue weighted by molar-refractivity contribution is 5.95. The number of amides is 2. The van der Waals surface area contributed by atoms with E-state index in [4.69, 9.17) is 5.73 Å². The van der Waals surface area contributed by atoms with Gasteiger partial charge in [0.15, 0.2) is 5.78 Å². The van der Waals surface area contributed by atoms with Gasteiger partial charge in [0.25, 0.3) is 0 Å². The quantitative estimate of drug-likeness (QED) is 0.457. The Morgan fingerprint density at radius 1 is 1.36 bits per heavy atom. The zero-order valence-corrected chi connectivity index (χ0v) is 14.1. The predicted octanol–water partition coefficient (Wildman–Crippen LogP) is -1.04. The van der Waals surface area contributed by atoms with E-state index in [1.807, 2.05) is 0 Å². The fourth-order valence-corrected chi connectivity index (χ4v) is 5.90. The summed E-state index contributed by atoms with van der Waals surface area (Å²) in [6.07, 6.45) is 6.24. The second-order valence-corrected chi connectivity index (χ2v) is 7.94. The highest BCUT2D eigenvalue weighted by Gasteiger charge is 2.65. The van der Waals surface area contributed by atoms with Crippen LogP contribution in [0.1, 0.15) is 19.3 Å². The van der Waals surface area contributed by atoms with Gasteiger partial charge in [0.1, 0.15) is 12.1 Å². The molecule has 7 heteroatoms. The molecule has 2 bridgehead atoms. The van der Waals surface area contributed by atoms with Crippen LogP contribution in [-0.2, 0) is 14.4 Å². The van der Waals surface area contributed by atoms with Gasteiger partial charge in [-0.2, -0.15) is 0 Å². The summed E-state index contributed by atoms with van der Waals surface area (Å²) in [5.74, 6) is -1.22. The Labute approximate surface area is 146 Å². The van der Waals surface area contributed by atoms with Crippen LogP contribution < -0.4 is 16.4 Å². The lowest BCUT2D eigenvalue weighted by molar-refractivity contribution is -0.140. The average Bonchev–Trinajstić information content (AvgIpc) is 3.34. The van der Waals surface area contributed by atoms with Crippen molar-refractivity contribution in [2.45, 2.75) is 24.8 Å². The summed E-state index contributed by atoms with van der Waals surface area (Å²) in [6.45, 7) is 0.586. The van der Waals surface area contributed by atoms with Crippen LogP contribution in [0.3, 0.4) is 0 Å². The lowest BCUT2D eigenvalue weighted by atomic mass is 9.64. The van der Waals surface area contributed by atoms with Gasteiger partial charge in [-0.15, -0.1) is 0 Å². The second-order valence-electron chi connectivity index (χ2n) is 7.94. The molecule has 3 fully saturated rings. The summed E-state index contributed by atoms with van der Waals surface area (Å²) in [7, 11) is 0. The molecule has 7 nitrogen and oxygen atoms in total. The summed E-state index contributed by atoms with van der Waals surface area (Å²) in [5.41, 5.74) is 4.69. The van der Waals surface area contributed by atoms with E-state index in [0.29, 0.717) is 25.4 Å². The van der Waals surface area contributed by atoms with Gasteiger partial charge in [0, 0.05) is 18.4 Å². The summed E-state index contributed by atoms with van der Waals surface area (Å²) in [4.78, 5) is 37.3. The van der Waals surface area contributed by atoms with Crippen molar-refractivity contribution in [3.63, 3.8) is 0 Å². The van der Waals surface area contributed by atoms with Crippen molar-refractivity contribution >= 4 is 17.6 Å². The zero-order valence-electron chi connectivity index (χ0n) is 14.1. The third kappa shape index (κ3) is 2.29. The largest absolute Gasteiger partial charge is 0.389 e. The van der Waals surface area contributed by atoms with E-state index in [1.165, 1.54) is 0 Å². The van der Waals surface area contributed by atoms with Gasteiger partial charge < -0.3 is 21.5 Å². The molecule has 4 rings (SSSR count). The molecular formula is C18H25N3O4. The molecule has 0 aromatic rings. The second kappa shape index (κ2) is 5.92. The lowest BCUT2D eigenvalue weighted by Gasteiger charge is -2.41. The van der Waals surface area contributed by atoms with Crippen LogP contribution in [0.2, 0.25) is 0 Å².